The minimum absolute atomic E-state index is 0.0225. The molecule has 2 aromatic rings. The van der Waals surface area contributed by atoms with E-state index < -0.39 is 17.9 Å². The van der Waals surface area contributed by atoms with E-state index in [1.54, 1.807) is 4.68 Å². The van der Waals surface area contributed by atoms with Gasteiger partial charge in [0, 0.05) is 6.42 Å². The normalized spacial score (nSPS) is 12.2. The molecule has 1 aromatic carbocycles. The van der Waals surface area contributed by atoms with Crippen LogP contribution >= 0.6 is 0 Å². The van der Waals surface area contributed by atoms with Crippen LogP contribution in [0.2, 0.25) is 0 Å². The highest BCUT2D eigenvalue weighted by Gasteiger charge is 2.24. The third-order valence-corrected chi connectivity index (χ3v) is 3.50. The number of carboxylic acid groups (broad SMARTS) is 1. The molecule has 1 aromatic heterocycles. The van der Waals surface area contributed by atoms with Crippen molar-refractivity contribution in [2.24, 2.45) is 5.92 Å². The molecule has 1 unspecified atom stereocenters. The van der Waals surface area contributed by atoms with Crippen molar-refractivity contribution < 1.29 is 14.7 Å². The molecule has 0 spiro atoms. The van der Waals surface area contributed by atoms with Crippen LogP contribution in [0.5, 0.6) is 0 Å². The van der Waals surface area contributed by atoms with E-state index in [0.717, 1.165) is 5.69 Å². The van der Waals surface area contributed by atoms with E-state index in [-0.39, 0.29) is 11.7 Å². The molecule has 0 fully saturated rings. The maximum absolute atomic E-state index is 12.3. The molecule has 2 rings (SSSR count). The molecule has 1 atom stereocenters. The van der Waals surface area contributed by atoms with E-state index in [4.69, 9.17) is 0 Å². The van der Waals surface area contributed by atoms with Gasteiger partial charge in [-0.05, 0) is 24.5 Å². The predicted octanol–water partition coefficient (Wildman–Crippen LogP) is 2.06. The number of nitrogens with one attached hydrogen (secondary N) is 1. The Kier molecular flexibility index (Phi) is 5.68. The Bertz CT molecular complexity index is 710. The molecule has 1 amide bonds. The van der Waals surface area contributed by atoms with Crippen molar-refractivity contribution in [3.05, 3.63) is 42.0 Å². The first-order valence-corrected chi connectivity index (χ1v) is 7.97. The fourth-order valence-electron chi connectivity index (χ4n) is 2.36. The molecule has 2 N–H and O–H groups in total. The van der Waals surface area contributed by atoms with Crippen LogP contribution in [0, 0.1) is 5.92 Å². The standard InChI is InChI=1S/C17H22N4O3/c1-4-14-19-15(20-21(14)12-8-6-5-7-9-12)16(22)18-13(17(23)24)10-11(2)3/h5-9,11,13H,4,10H2,1-3H3,(H,18,22)(H,23,24). The second-order valence-corrected chi connectivity index (χ2v) is 5.95. The number of benzene rings is 1. The predicted molar refractivity (Wildman–Crippen MR) is 89.1 cm³/mol. The van der Waals surface area contributed by atoms with Gasteiger partial charge in [-0.25, -0.2) is 14.5 Å². The molecular weight excluding hydrogens is 308 g/mol. The number of aliphatic carboxylic acids is 1. The Morgan fingerprint density at radius 3 is 2.46 bits per heavy atom. The SMILES string of the molecule is CCc1nc(C(=O)NC(CC(C)C)C(=O)O)nn1-c1ccccc1. The molecule has 0 aliphatic heterocycles. The summed E-state index contributed by atoms with van der Waals surface area (Å²) >= 11 is 0. The summed E-state index contributed by atoms with van der Waals surface area (Å²) in [6.45, 7) is 5.73. The Hall–Kier alpha value is -2.70. The second-order valence-electron chi connectivity index (χ2n) is 5.95. The lowest BCUT2D eigenvalue weighted by Crippen LogP contribution is -2.42. The van der Waals surface area contributed by atoms with Crippen molar-refractivity contribution in [2.45, 2.75) is 39.7 Å². The van der Waals surface area contributed by atoms with Crippen molar-refractivity contribution >= 4 is 11.9 Å². The number of hydrogen-bond donors (Lipinski definition) is 2. The number of nitrogens with zero attached hydrogens (tertiary/aromatic N) is 3. The number of aromatic nitrogens is 3. The summed E-state index contributed by atoms with van der Waals surface area (Å²) in [5.74, 6) is -0.872. The molecule has 0 bridgehead atoms. The van der Waals surface area contributed by atoms with Crippen LogP contribution in [0.15, 0.2) is 30.3 Å². The maximum atomic E-state index is 12.3. The molecule has 24 heavy (non-hydrogen) atoms. The number of carboxylic acids is 1. The molecule has 0 radical (unpaired) electrons. The summed E-state index contributed by atoms with van der Waals surface area (Å²) in [7, 11) is 0. The number of aryl methyl sites for hydroxylation is 1. The summed E-state index contributed by atoms with van der Waals surface area (Å²) in [5.41, 5.74) is 0.804. The number of para-hydroxylation sites is 1. The zero-order valence-electron chi connectivity index (χ0n) is 14.1. The highest BCUT2D eigenvalue weighted by molar-refractivity contribution is 5.93. The summed E-state index contributed by atoms with van der Waals surface area (Å²) in [4.78, 5) is 27.9. The van der Waals surface area contributed by atoms with Gasteiger partial charge in [0.15, 0.2) is 0 Å². The number of hydrogen-bond acceptors (Lipinski definition) is 4. The van der Waals surface area contributed by atoms with E-state index in [1.165, 1.54) is 0 Å². The number of carbonyl (C=O) groups excluding carboxylic acids is 1. The molecule has 7 heteroatoms. The Morgan fingerprint density at radius 2 is 1.92 bits per heavy atom. The molecule has 0 aliphatic rings. The first kappa shape index (κ1) is 17.7. The average molecular weight is 330 g/mol. The largest absolute Gasteiger partial charge is 0.480 e. The average Bonchev–Trinajstić information content (AvgIpc) is 2.99. The Balaban J connectivity index is 2.24. The number of rotatable bonds is 7. The van der Waals surface area contributed by atoms with E-state index in [1.807, 2.05) is 51.1 Å². The molecule has 0 saturated carbocycles. The monoisotopic (exact) mass is 330 g/mol. The van der Waals surface area contributed by atoms with Crippen molar-refractivity contribution in [3.8, 4) is 5.69 Å². The molecule has 7 nitrogen and oxygen atoms in total. The summed E-state index contributed by atoms with van der Waals surface area (Å²) in [6.07, 6.45) is 0.949. The third kappa shape index (κ3) is 4.18. The second kappa shape index (κ2) is 7.72. The van der Waals surface area contributed by atoms with Crippen LogP contribution < -0.4 is 5.32 Å². The van der Waals surface area contributed by atoms with Crippen molar-refractivity contribution in [3.63, 3.8) is 0 Å². The quantitative estimate of drug-likeness (QED) is 0.810. The summed E-state index contributed by atoms with van der Waals surface area (Å²) in [5, 5.41) is 16.0. The highest BCUT2D eigenvalue weighted by atomic mass is 16.4. The summed E-state index contributed by atoms with van der Waals surface area (Å²) in [6, 6.07) is 8.43. The Morgan fingerprint density at radius 1 is 1.25 bits per heavy atom. The van der Waals surface area contributed by atoms with E-state index >= 15 is 0 Å². The van der Waals surface area contributed by atoms with Gasteiger partial charge in [0.1, 0.15) is 11.9 Å². The molecular formula is C17H22N4O3. The molecule has 1 heterocycles. The van der Waals surface area contributed by atoms with Crippen molar-refractivity contribution in [2.75, 3.05) is 0 Å². The van der Waals surface area contributed by atoms with Gasteiger partial charge >= 0.3 is 5.97 Å². The fourth-order valence-corrected chi connectivity index (χ4v) is 2.36. The molecule has 0 saturated heterocycles. The van der Waals surface area contributed by atoms with Crippen LogP contribution in [0.1, 0.15) is 43.6 Å². The van der Waals surface area contributed by atoms with Crippen molar-refractivity contribution in [1.82, 2.24) is 20.1 Å². The first-order chi connectivity index (χ1) is 11.4. The Labute approximate surface area is 140 Å². The lowest BCUT2D eigenvalue weighted by atomic mass is 10.0. The van der Waals surface area contributed by atoms with Crippen molar-refractivity contribution in [1.29, 1.82) is 0 Å². The lowest BCUT2D eigenvalue weighted by Gasteiger charge is -2.15. The van der Waals surface area contributed by atoms with Crippen LogP contribution in [0.3, 0.4) is 0 Å². The van der Waals surface area contributed by atoms with Gasteiger partial charge in [-0.1, -0.05) is 39.0 Å². The van der Waals surface area contributed by atoms with Gasteiger partial charge in [-0.15, -0.1) is 5.10 Å². The van der Waals surface area contributed by atoms with Gasteiger partial charge in [0.2, 0.25) is 5.82 Å². The van der Waals surface area contributed by atoms with Gasteiger partial charge in [-0.3, -0.25) is 4.79 Å². The smallest absolute Gasteiger partial charge is 0.326 e. The van der Waals surface area contributed by atoms with Crippen LogP contribution in [0.4, 0.5) is 0 Å². The van der Waals surface area contributed by atoms with Crippen LogP contribution in [-0.2, 0) is 11.2 Å². The highest BCUT2D eigenvalue weighted by Crippen LogP contribution is 2.11. The first-order valence-electron chi connectivity index (χ1n) is 7.97. The lowest BCUT2D eigenvalue weighted by molar-refractivity contribution is -0.139. The maximum Gasteiger partial charge on any atom is 0.326 e. The van der Waals surface area contributed by atoms with E-state index in [2.05, 4.69) is 15.4 Å². The topological polar surface area (TPSA) is 97.1 Å². The summed E-state index contributed by atoms with van der Waals surface area (Å²) < 4.78 is 1.60. The van der Waals surface area contributed by atoms with Gasteiger partial charge in [-0.2, -0.15) is 0 Å². The third-order valence-electron chi connectivity index (χ3n) is 3.50. The van der Waals surface area contributed by atoms with E-state index in [0.29, 0.717) is 18.7 Å². The van der Waals surface area contributed by atoms with Crippen LogP contribution in [0.25, 0.3) is 5.69 Å². The molecule has 128 valence electrons. The number of carbonyl (C=O) groups is 2. The van der Waals surface area contributed by atoms with Crippen LogP contribution in [-0.4, -0.2) is 37.8 Å². The minimum atomic E-state index is -1.06. The fraction of sp³-hybridized carbons (Fsp3) is 0.412. The minimum Gasteiger partial charge on any atom is -0.480 e. The zero-order chi connectivity index (χ0) is 17.7. The van der Waals surface area contributed by atoms with Gasteiger partial charge < -0.3 is 10.4 Å². The molecule has 0 aliphatic carbocycles. The van der Waals surface area contributed by atoms with Gasteiger partial charge in [0.05, 0.1) is 5.69 Å². The van der Waals surface area contributed by atoms with E-state index in [9.17, 15) is 14.7 Å². The zero-order valence-corrected chi connectivity index (χ0v) is 14.1. The van der Waals surface area contributed by atoms with Gasteiger partial charge in [0.25, 0.3) is 5.91 Å². The number of amides is 1.